The van der Waals surface area contributed by atoms with E-state index >= 15 is 0 Å². The van der Waals surface area contributed by atoms with Crippen LogP contribution < -0.4 is 9.64 Å². The van der Waals surface area contributed by atoms with E-state index in [1.54, 1.807) is 4.90 Å². The monoisotopic (exact) mass is 401 g/mol. The van der Waals surface area contributed by atoms with E-state index in [2.05, 4.69) is 17.9 Å². The van der Waals surface area contributed by atoms with Gasteiger partial charge in [0.25, 0.3) is 5.91 Å². The molecule has 5 heteroatoms. The number of hydrogen-bond acceptors (Lipinski definition) is 4. The highest BCUT2D eigenvalue weighted by atomic mass is 16.5. The lowest BCUT2D eigenvalue weighted by Gasteiger charge is -2.37. The molecule has 1 saturated carbocycles. The summed E-state index contributed by atoms with van der Waals surface area (Å²) in [6, 6.07) is 18.1. The fraction of sp³-hybridized carbons (Fsp3) is 0.360. The van der Waals surface area contributed by atoms with Gasteiger partial charge in [0.2, 0.25) is 0 Å². The highest BCUT2D eigenvalue weighted by Crippen LogP contribution is 2.40. The van der Waals surface area contributed by atoms with Crippen LogP contribution in [0, 0.1) is 0 Å². The van der Waals surface area contributed by atoms with Crippen LogP contribution in [-0.2, 0) is 0 Å². The van der Waals surface area contributed by atoms with E-state index in [9.17, 15) is 4.79 Å². The highest BCUT2D eigenvalue weighted by molar-refractivity contribution is 6.06. The van der Waals surface area contributed by atoms with Gasteiger partial charge in [-0.25, -0.2) is 0 Å². The van der Waals surface area contributed by atoms with Gasteiger partial charge < -0.3 is 14.5 Å². The quantitative estimate of drug-likeness (QED) is 0.633. The lowest BCUT2D eigenvalue weighted by molar-refractivity contribution is 0.0711. The van der Waals surface area contributed by atoms with Gasteiger partial charge in [-0.2, -0.15) is 0 Å². The summed E-state index contributed by atoms with van der Waals surface area (Å²) in [4.78, 5) is 22.4. The second kappa shape index (κ2) is 7.63. The third-order valence-corrected chi connectivity index (χ3v) is 6.09. The largest absolute Gasteiger partial charge is 0.485 e. The molecule has 0 radical (unpaired) electrons. The van der Waals surface area contributed by atoms with Crippen LogP contribution in [0.4, 0.5) is 5.69 Å². The number of aromatic nitrogens is 1. The molecule has 5 rings (SSSR count). The molecule has 5 nitrogen and oxygen atoms in total. The van der Waals surface area contributed by atoms with Crippen molar-refractivity contribution in [3.8, 4) is 5.75 Å². The van der Waals surface area contributed by atoms with Gasteiger partial charge in [0, 0.05) is 30.6 Å². The fourth-order valence-electron chi connectivity index (χ4n) is 4.33. The number of para-hydroxylation sites is 3. The van der Waals surface area contributed by atoms with Gasteiger partial charge in [-0.1, -0.05) is 30.3 Å². The van der Waals surface area contributed by atoms with Gasteiger partial charge in [-0.3, -0.25) is 9.78 Å². The van der Waals surface area contributed by atoms with Crippen LogP contribution in [0.2, 0.25) is 0 Å². The van der Waals surface area contributed by atoms with Gasteiger partial charge in [-0.05, 0) is 44.0 Å². The van der Waals surface area contributed by atoms with Crippen LogP contribution in [0.3, 0.4) is 0 Å². The number of carbonyl (C=O) groups is 1. The molecule has 2 aromatic carbocycles. The maximum Gasteiger partial charge on any atom is 0.254 e. The Hall–Kier alpha value is -3.08. The minimum Gasteiger partial charge on any atom is -0.485 e. The molecule has 3 aromatic rings. The van der Waals surface area contributed by atoms with Crippen molar-refractivity contribution in [1.29, 1.82) is 0 Å². The molecule has 154 valence electrons. The third kappa shape index (κ3) is 3.49. The van der Waals surface area contributed by atoms with Crippen molar-refractivity contribution in [3.05, 3.63) is 65.9 Å². The zero-order valence-electron chi connectivity index (χ0n) is 17.5. The summed E-state index contributed by atoms with van der Waals surface area (Å²) in [6.45, 7) is 4.37. The topological polar surface area (TPSA) is 45.7 Å². The molecule has 1 aliphatic carbocycles. The Bertz CT molecular complexity index is 1090. The van der Waals surface area contributed by atoms with Gasteiger partial charge in [0.15, 0.2) is 0 Å². The van der Waals surface area contributed by atoms with Crippen molar-refractivity contribution in [2.75, 3.05) is 31.6 Å². The van der Waals surface area contributed by atoms with Gasteiger partial charge in [-0.15, -0.1) is 0 Å². The summed E-state index contributed by atoms with van der Waals surface area (Å²) in [6.07, 6.45) is 2.26. The molecule has 2 heterocycles. The van der Waals surface area contributed by atoms with Crippen LogP contribution >= 0.6 is 0 Å². The lowest BCUT2D eigenvalue weighted by atomic mass is 10.0. The molecule has 0 N–H and O–H groups in total. The predicted molar refractivity (Wildman–Crippen MR) is 119 cm³/mol. The number of ether oxygens (including phenoxy) is 1. The summed E-state index contributed by atoms with van der Waals surface area (Å²) in [5.74, 6) is 1.42. The number of rotatable bonds is 5. The minimum absolute atomic E-state index is 0.0287. The zero-order valence-corrected chi connectivity index (χ0v) is 17.5. The minimum atomic E-state index is -0.0650. The number of anilines is 1. The lowest BCUT2D eigenvalue weighted by Crippen LogP contribution is -2.46. The third-order valence-electron chi connectivity index (χ3n) is 6.09. The Morgan fingerprint density at radius 2 is 1.93 bits per heavy atom. The Morgan fingerprint density at radius 1 is 1.17 bits per heavy atom. The first-order valence-corrected chi connectivity index (χ1v) is 10.8. The Balaban J connectivity index is 1.40. The van der Waals surface area contributed by atoms with Crippen molar-refractivity contribution >= 4 is 22.5 Å². The van der Waals surface area contributed by atoms with Crippen molar-refractivity contribution < 1.29 is 9.53 Å². The molecule has 0 saturated heterocycles. The number of fused-ring (bicyclic) bond motifs is 2. The molecule has 1 atom stereocenters. The van der Waals surface area contributed by atoms with Gasteiger partial charge in [0.1, 0.15) is 11.9 Å². The molecule has 1 fully saturated rings. The van der Waals surface area contributed by atoms with E-state index in [1.807, 2.05) is 55.6 Å². The number of likely N-dealkylation sites (N-methyl/N-ethyl adjacent to an activating group) is 2. The first-order valence-electron chi connectivity index (χ1n) is 10.8. The second-order valence-corrected chi connectivity index (χ2v) is 8.32. The van der Waals surface area contributed by atoms with Crippen LogP contribution in [0.1, 0.15) is 41.7 Å². The number of amides is 1. The van der Waals surface area contributed by atoms with E-state index in [0.29, 0.717) is 12.5 Å². The van der Waals surface area contributed by atoms with Crippen LogP contribution in [0.5, 0.6) is 5.75 Å². The first kappa shape index (κ1) is 18.9. The molecule has 1 aliphatic heterocycles. The van der Waals surface area contributed by atoms with Gasteiger partial charge >= 0.3 is 0 Å². The standard InChI is InChI=1S/C25H27N3O2/c1-3-28-16-18(30-24-11-7-6-10-23(24)28)15-27(2)25(29)20-14-22(17-12-13-17)26-21-9-5-4-8-19(20)21/h4-11,14,17-18H,3,12-13,15-16H2,1-2H3/t18-/m0/s1. The average molecular weight is 402 g/mol. The maximum atomic E-state index is 13.5. The molecule has 0 bridgehead atoms. The number of carbonyl (C=O) groups excluding carboxylic acids is 1. The van der Waals surface area contributed by atoms with Crippen molar-refractivity contribution in [2.45, 2.75) is 31.8 Å². The molecular formula is C25H27N3O2. The molecule has 1 amide bonds. The van der Waals surface area contributed by atoms with Crippen LogP contribution in [0.25, 0.3) is 10.9 Å². The van der Waals surface area contributed by atoms with Crippen molar-refractivity contribution in [3.63, 3.8) is 0 Å². The number of pyridine rings is 1. The Kier molecular flexibility index (Phi) is 4.81. The Morgan fingerprint density at radius 3 is 2.73 bits per heavy atom. The predicted octanol–water partition coefficient (Wildman–Crippen LogP) is 4.47. The van der Waals surface area contributed by atoms with E-state index < -0.39 is 0 Å². The molecular weight excluding hydrogens is 374 g/mol. The normalized spacial score (nSPS) is 18.1. The first-order chi connectivity index (χ1) is 14.6. The highest BCUT2D eigenvalue weighted by Gasteiger charge is 2.29. The SMILES string of the molecule is CCN1C[C@H](CN(C)C(=O)c2cc(C3CC3)nc3ccccc23)Oc2ccccc21. The maximum absolute atomic E-state index is 13.5. The van der Waals surface area contributed by atoms with E-state index in [4.69, 9.17) is 9.72 Å². The average Bonchev–Trinajstić information content (AvgIpc) is 3.62. The molecule has 0 unspecified atom stereocenters. The Labute approximate surface area is 177 Å². The molecule has 0 spiro atoms. The van der Waals surface area contributed by atoms with Crippen LogP contribution in [0.15, 0.2) is 54.6 Å². The summed E-state index contributed by atoms with van der Waals surface area (Å²) >= 11 is 0. The zero-order chi connectivity index (χ0) is 20.7. The van der Waals surface area contributed by atoms with Crippen molar-refractivity contribution in [1.82, 2.24) is 9.88 Å². The number of benzene rings is 2. The summed E-state index contributed by atoms with van der Waals surface area (Å²) in [5, 5.41) is 0.920. The fourth-order valence-corrected chi connectivity index (χ4v) is 4.33. The van der Waals surface area contributed by atoms with E-state index in [-0.39, 0.29) is 12.0 Å². The van der Waals surface area contributed by atoms with Crippen molar-refractivity contribution in [2.24, 2.45) is 0 Å². The summed E-state index contributed by atoms with van der Waals surface area (Å²) in [7, 11) is 1.87. The van der Waals surface area contributed by atoms with E-state index in [1.165, 1.54) is 0 Å². The second-order valence-electron chi connectivity index (χ2n) is 8.32. The number of nitrogens with zero attached hydrogens (tertiary/aromatic N) is 3. The van der Waals surface area contributed by atoms with E-state index in [0.717, 1.165) is 59.5 Å². The summed E-state index contributed by atoms with van der Waals surface area (Å²) in [5.41, 5.74) is 3.82. The number of hydrogen-bond donors (Lipinski definition) is 0. The van der Waals surface area contributed by atoms with Crippen LogP contribution in [-0.4, -0.2) is 48.6 Å². The molecule has 2 aliphatic rings. The summed E-state index contributed by atoms with van der Waals surface area (Å²) < 4.78 is 6.23. The molecule has 30 heavy (non-hydrogen) atoms. The molecule has 1 aromatic heterocycles. The smallest absolute Gasteiger partial charge is 0.254 e. The van der Waals surface area contributed by atoms with Gasteiger partial charge in [0.05, 0.1) is 29.9 Å².